The molecule has 0 saturated carbocycles. The molecule has 0 radical (unpaired) electrons. The summed E-state index contributed by atoms with van der Waals surface area (Å²) in [6.07, 6.45) is 3.22. The van der Waals surface area contributed by atoms with Gasteiger partial charge in [0.15, 0.2) is 4.34 Å². The Balaban J connectivity index is 2.17. The normalized spacial score (nSPS) is 10.1. The maximum Gasteiger partial charge on any atom is 0.156 e. The van der Waals surface area contributed by atoms with E-state index in [-0.39, 0.29) is 0 Å². The molecule has 2 aromatic heterocycles. The average molecular weight is 225 g/mol. The minimum absolute atomic E-state index is 0.596. The van der Waals surface area contributed by atoms with E-state index in [0.717, 1.165) is 9.37 Å². The van der Waals surface area contributed by atoms with Gasteiger partial charge in [0.1, 0.15) is 17.2 Å². The molecule has 2 rings (SSSR count). The van der Waals surface area contributed by atoms with Gasteiger partial charge in [-0.2, -0.15) is 0 Å². The number of nitrogens with one attached hydrogen (secondary N) is 1. The summed E-state index contributed by atoms with van der Waals surface area (Å²) in [5, 5.41) is 2.74. The second kappa shape index (κ2) is 4.36. The van der Waals surface area contributed by atoms with Gasteiger partial charge in [0.2, 0.25) is 0 Å². The molecule has 14 heavy (non-hydrogen) atoms. The molecule has 2 aromatic rings. The first-order chi connectivity index (χ1) is 6.88. The van der Waals surface area contributed by atoms with Crippen LogP contribution in [0, 0.1) is 0 Å². The van der Waals surface area contributed by atoms with Crippen LogP contribution in [0.5, 0.6) is 0 Å². The van der Waals surface area contributed by atoms with Gasteiger partial charge in [0, 0.05) is 17.6 Å². The molecular weight excluding hydrogens is 218 g/mol. The van der Waals surface area contributed by atoms with Crippen LogP contribution in [0.4, 0.5) is 5.82 Å². The lowest BCUT2D eigenvalue weighted by atomic mass is 10.6. The third-order valence-corrected chi connectivity index (χ3v) is 3.21. The molecule has 72 valence electrons. The molecule has 0 bridgehead atoms. The molecule has 0 spiro atoms. The van der Waals surface area contributed by atoms with Crippen molar-refractivity contribution in [2.24, 2.45) is 5.84 Å². The monoisotopic (exact) mass is 225 g/mol. The fourth-order valence-corrected chi connectivity index (χ4v) is 2.36. The summed E-state index contributed by atoms with van der Waals surface area (Å²) in [4.78, 5) is 12.1. The summed E-state index contributed by atoms with van der Waals surface area (Å²) in [5.41, 5.74) is 2.47. The summed E-state index contributed by atoms with van der Waals surface area (Å²) >= 11 is 3.06. The number of hydrogen-bond acceptors (Lipinski definition) is 7. The van der Waals surface area contributed by atoms with Gasteiger partial charge >= 0.3 is 0 Å². The fraction of sp³-hybridized carbons (Fsp3) is 0. The van der Waals surface area contributed by atoms with Gasteiger partial charge in [0.25, 0.3) is 0 Å². The first kappa shape index (κ1) is 9.38. The highest BCUT2D eigenvalue weighted by molar-refractivity contribution is 8.00. The molecule has 7 heteroatoms. The van der Waals surface area contributed by atoms with E-state index in [1.165, 1.54) is 18.1 Å². The van der Waals surface area contributed by atoms with Crippen molar-refractivity contribution in [3.8, 4) is 0 Å². The summed E-state index contributed by atoms with van der Waals surface area (Å²) in [6.45, 7) is 0. The lowest BCUT2D eigenvalue weighted by Gasteiger charge is -1.99. The summed E-state index contributed by atoms with van der Waals surface area (Å²) < 4.78 is 0.951. The van der Waals surface area contributed by atoms with Crippen molar-refractivity contribution >= 4 is 28.9 Å². The molecule has 5 nitrogen and oxygen atoms in total. The van der Waals surface area contributed by atoms with Gasteiger partial charge in [-0.05, 0) is 11.8 Å². The Labute approximate surface area is 88.8 Å². The van der Waals surface area contributed by atoms with E-state index >= 15 is 0 Å². The van der Waals surface area contributed by atoms with Crippen LogP contribution in [0.1, 0.15) is 0 Å². The van der Waals surface area contributed by atoms with Crippen LogP contribution in [-0.4, -0.2) is 15.0 Å². The number of nitrogens with two attached hydrogens (primary N) is 1. The zero-order valence-electron chi connectivity index (χ0n) is 7.04. The zero-order chi connectivity index (χ0) is 9.80. The third kappa shape index (κ3) is 2.19. The predicted molar refractivity (Wildman–Crippen MR) is 56.1 cm³/mol. The maximum absolute atomic E-state index is 5.23. The maximum atomic E-state index is 5.23. The van der Waals surface area contributed by atoms with Gasteiger partial charge in [-0.1, -0.05) is 0 Å². The van der Waals surface area contributed by atoms with E-state index in [1.54, 1.807) is 23.6 Å². The third-order valence-electron chi connectivity index (χ3n) is 1.39. The smallest absolute Gasteiger partial charge is 0.156 e. The summed E-state index contributed by atoms with van der Waals surface area (Å²) in [7, 11) is 0. The summed E-state index contributed by atoms with van der Waals surface area (Å²) in [6, 6.07) is 1.77. The molecule has 0 fully saturated rings. The minimum Gasteiger partial charge on any atom is -0.308 e. The number of hydrogen-bond donors (Lipinski definition) is 2. The van der Waals surface area contributed by atoms with Gasteiger partial charge in [-0.15, -0.1) is 11.3 Å². The molecule has 0 amide bonds. The average Bonchev–Trinajstić information content (AvgIpc) is 2.71. The van der Waals surface area contributed by atoms with Crippen molar-refractivity contribution in [3.63, 3.8) is 0 Å². The second-order valence-electron chi connectivity index (χ2n) is 2.29. The highest BCUT2D eigenvalue weighted by Crippen LogP contribution is 2.27. The van der Waals surface area contributed by atoms with Gasteiger partial charge in [-0.25, -0.2) is 20.8 Å². The van der Waals surface area contributed by atoms with Crippen molar-refractivity contribution in [2.45, 2.75) is 9.37 Å². The van der Waals surface area contributed by atoms with Gasteiger partial charge in [-0.3, -0.25) is 0 Å². The first-order valence-electron chi connectivity index (χ1n) is 3.74. The Morgan fingerprint density at radius 3 is 3.00 bits per heavy atom. The fourth-order valence-electron chi connectivity index (χ4n) is 0.824. The number of anilines is 1. The number of nitrogens with zero attached hydrogens (tertiary/aromatic N) is 3. The van der Waals surface area contributed by atoms with Crippen molar-refractivity contribution in [1.82, 2.24) is 15.0 Å². The second-order valence-corrected chi connectivity index (χ2v) is 4.45. The highest BCUT2D eigenvalue weighted by atomic mass is 32.2. The van der Waals surface area contributed by atoms with Crippen LogP contribution in [-0.2, 0) is 0 Å². The quantitative estimate of drug-likeness (QED) is 0.467. The molecule has 0 atom stereocenters. The van der Waals surface area contributed by atoms with Crippen molar-refractivity contribution < 1.29 is 0 Å². The van der Waals surface area contributed by atoms with E-state index in [1.807, 2.05) is 5.38 Å². The van der Waals surface area contributed by atoms with Crippen LogP contribution in [0.15, 0.2) is 33.3 Å². The molecule has 0 aliphatic carbocycles. The number of nitrogen functional groups attached to an aromatic ring is 1. The number of aromatic nitrogens is 3. The molecular formula is C7H7N5S2. The van der Waals surface area contributed by atoms with Gasteiger partial charge in [0.05, 0.1) is 0 Å². The van der Waals surface area contributed by atoms with E-state index in [0.29, 0.717) is 5.82 Å². The lowest BCUT2D eigenvalue weighted by Crippen LogP contribution is -2.08. The molecule has 0 aliphatic heterocycles. The van der Waals surface area contributed by atoms with Crippen LogP contribution in [0.3, 0.4) is 0 Å². The van der Waals surface area contributed by atoms with Crippen LogP contribution in [0.2, 0.25) is 0 Å². The largest absolute Gasteiger partial charge is 0.308 e. The number of thiazole rings is 1. The first-order valence-corrected chi connectivity index (χ1v) is 5.44. The Kier molecular flexibility index (Phi) is 2.92. The Bertz CT molecular complexity index is 402. The molecule has 0 unspecified atom stereocenters. The molecule has 0 aliphatic rings. The zero-order valence-corrected chi connectivity index (χ0v) is 8.68. The minimum atomic E-state index is 0.596. The Hall–Kier alpha value is -1.18. The van der Waals surface area contributed by atoms with Gasteiger partial charge < -0.3 is 5.43 Å². The Morgan fingerprint density at radius 1 is 1.36 bits per heavy atom. The van der Waals surface area contributed by atoms with E-state index < -0.39 is 0 Å². The molecule has 0 saturated heterocycles. The van der Waals surface area contributed by atoms with Crippen molar-refractivity contribution in [2.75, 3.05) is 5.43 Å². The lowest BCUT2D eigenvalue weighted by molar-refractivity contribution is 1.04. The highest BCUT2D eigenvalue weighted by Gasteiger charge is 2.02. The van der Waals surface area contributed by atoms with E-state index in [4.69, 9.17) is 5.84 Å². The molecule has 3 N–H and O–H groups in total. The molecule has 2 heterocycles. The van der Waals surface area contributed by atoms with E-state index in [2.05, 4.69) is 20.4 Å². The number of rotatable bonds is 3. The predicted octanol–water partition coefficient (Wildman–Crippen LogP) is 1.37. The summed E-state index contributed by atoms with van der Waals surface area (Å²) in [5.74, 6) is 5.83. The van der Waals surface area contributed by atoms with Crippen LogP contribution in [0.25, 0.3) is 0 Å². The number of hydrazine groups is 1. The topological polar surface area (TPSA) is 76.7 Å². The van der Waals surface area contributed by atoms with E-state index in [9.17, 15) is 0 Å². The molecule has 0 aromatic carbocycles. The van der Waals surface area contributed by atoms with Crippen LogP contribution < -0.4 is 11.3 Å². The SMILES string of the molecule is NNc1cc(Sc2nccs2)ncn1. The Morgan fingerprint density at radius 2 is 2.29 bits per heavy atom. The van der Waals surface area contributed by atoms with Crippen molar-refractivity contribution in [3.05, 3.63) is 24.0 Å². The van der Waals surface area contributed by atoms with Crippen LogP contribution >= 0.6 is 23.1 Å². The standard InChI is InChI=1S/C7H7N5S2/c8-12-5-3-6(11-4-10-5)14-7-9-1-2-13-7/h1-4H,8H2,(H,10,11,12). The van der Waals surface area contributed by atoms with Crippen molar-refractivity contribution in [1.29, 1.82) is 0 Å².